The number of benzene rings is 3. The molecule has 0 N–H and O–H groups in total. The second-order valence-electron chi connectivity index (χ2n) is 5.82. The van der Waals surface area contributed by atoms with E-state index in [2.05, 4.69) is 0 Å². The third-order valence-corrected chi connectivity index (χ3v) is 6.60. The van der Waals surface area contributed by atoms with Crippen molar-refractivity contribution in [3.63, 3.8) is 0 Å². The summed E-state index contributed by atoms with van der Waals surface area (Å²) in [5.41, 5.74) is 1.10. The van der Waals surface area contributed by atoms with E-state index in [9.17, 15) is 13.2 Å². The molecule has 0 aliphatic rings. The highest BCUT2D eigenvalue weighted by atomic mass is 32.2. The molecule has 0 saturated heterocycles. The minimum atomic E-state index is -3.63. The number of sulfone groups is 1. The van der Waals surface area contributed by atoms with Crippen molar-refractivity contribution in [2.24, 2.45) is 0 Å². The number of hydrogen-bond acceptors (Lipinski definition) is 5. The molecule has 0 saturated carbocycles. The fourth-order valence-electron chi connectivity index (χ4n) is 2.47. The van der Waals surface area contributed by atoms with E-state index in [1.54, 1.807) is 54.6 Å². The quantitative estimate of drug-likeness (QED) is 0.421. The molecule has 0 atom stereocenters. The van der Waals surface area contributed by atoms with Gasteiger partial charge in [-0.05, 0) is 42.0 Å². The first kappa shape index (κ1) is 19.9. The van der Waals surface area contributed by atoms with Crippen molar-refractivity contribution < 1.29 is 17.9 Å². The van der Waals surface area contributed by atoms with Crippen LogP contribution in [0.15, 0.2) is 100 Å². The van der Waals surface area contributed by atoms with E-state index in [-0.39, 0.29) is 4.90 Å². The van der Waals surface area contributed by atoms with E-state index in [0.29, 0.717) is 16.0 Å². The van der Waals surface area contributed by atoms with E-state index in [1.165, 1.54) is 24.3 Å². The molecular weight excluding hydrogens is 392 g/mol. The molecule has 0 amide bonds. The number of hydrogen-bond donors (Lipinski definition) is 0. The standard InChI is InChI=1S/C22H18O4S2/c1-26-22(23)18-14-12-17(13-15-18)21(27-19-8-4-2-5-9-19)16-28(24,25)20-10-6-3-7-11-20/h2-16H,1H3/b21-16+. The van der Waals surface area contributed by atoms with Gasteiger partial charge in [0, 0.05) is 9.80 Å². The molecule has 28 heavy (non-hydrogen) atoms. The average Bonchev–Trinajstić information content (AvgIpc) is 2.74. The predicted molar refractivity (Wildman–Crippen MR) is 112 cm³/mol. The molecule has 3 aromatic carbocycles. The third kappa shape index (κ3) is 4.91. The number of methoxy groups -OCH3 is 1. The monoisotopic (exact) mass is 410 g/mol. The van der Waals surface area contributed by atoms with Gasteiger partial charge < -0.3 is 4.74 Å². The molecule has 0 bridgehead atoms. The number of thioether (sulfide) groups is 1. The Morgan fingerprint density at radius 1 is 0.821 bits per heavy atom. The SMILES string of the molecule is COC(=O)c1ccc(/C(=C\S(=O)(=O)c2ccccc2)Sc2ccccc2)cc1. The smallest absolute Gasteiger partial charge is 0.337 e. The highest BCUT2D eigenvalue weighted by Gasteiger charge is 2.15. The minimum absolute atomic E-state index is 0.229. The van der Waals surface area contributed by atoms with E-state index < -0.39 is 15.8 Å². The number of carbonyl (C=O) groups is 1. The first-order valence-electron chi connectivity index (χ1n) is 8.43. The Labute approximate surface area is 168 Å². The molecule has 0 unspecified atom stereocenters. The van der Waals surface area contributed by atoms with Crippen LogP contribution in [0.3, 0.4) is 0 Å². The van der Waals surface area contributed by atoms with Crippen molar-refractivity contribution in [1.29, 1.82) is 0 Å². The fourth-order valence-corrected chi connectivity index (χ4v) is 4.94. The van der Waals surface area contributed by atoms with Crippen LogP contribution in [-0.4, -0.2) is 21.5 Å². The molecule has 0 aromatic heterocycles. The van der Waals surface area contributed by atoms with Gasteiger partial charge in [-0.15, -0.1) is 0 Å². The fraction of sp³-hybridized carbons (Fsp3) is 0.0455. The lowest BCUT2D eigenvalue weighted by molar-refractivity contribution is 0.0600. The van der Waals surface area contributed by atoms with Gasteiger partial charge in [-0.3, -0.25) is 0 Å². The zero-order valence-electron chi connectivity index (χ0n) is 15.1. The largest absolute Gasteiger partial charge is 0.465 e. The zero-order valence-corrected chi connectivity index (χ0v) is 16.7. The van der Waals surface area contributed by atoms with Crippen LogP contribution in [0.25, 0.3) is 4.91 Å². The lowest BCUT2D eigenvalue weighted by Gasteiger charge is -2.09. The number of ether oxygens (including phenoxy) is 1. The Morgan fingerprint density at radius 2 is 1.36 bits per heavy atom. The van der Waals surface area contributed by atoms with E-state index in [4.69, 9.17) is 4.74 Å². The molecule has 0 fully saturated rings. The zero-order chi connectivity index (χ0) is 20.0. The van der Waals surface area contributed by atoms with Crippen molar-refractivity contribution in [2.45, 2.75) is 9.79 Å². The van der Waals surface area contributed by atoms with E-state index in [0.717, 1.165) is 4.90 Å². The van der Waals surface area contributed by atoms with Crippen LogP contribution in [0.1, 0.15) is 15.9 Å². The number of rotatable bonds is 6. The van der Waals surface area contributed by atoms with Crippen molar-refractivity contribution in [3.05, 3.63) is 101 Å². The Hall–Kier alpha value is -2.83. The van der Waals surface area contributed by atoms with Gasteiger partial charge in [-0.2, -0.15) is 0 Å². The van der Waals surface area contributed by atoms with Crippen LogP contribution < -0.4 is 0 Å². The normalized spacial score (nSPS) is 11.8. The van der Waals surface area contributed by atoms with Gasteiger partial charge in [0.05, 0.1) is 23.0 Å². The molecule has 3 rings (SSSR count). The Kier molecular flexibility index (Phi) is 6.34. The first-order chi connectivity index (χ1) is 13.5. The van der Waals surface area contributed by atoms with Crippen LogP contribution >= 0.6 is 11.8 Å². The summed E-state index contributed by atoms with van der Waals surface area (Å²) in [5.74, 6) is -0.440. The maximum absolute atomic E-state index is 12.9. The highest BCUT2D eigenvalue weighted by molar-refractivity contribution is 8.09. The Morgan fingerprint density at radius 3 is 1.93 bits per heavy atom. The maximum atomic E-state index is 12.9. The molecule has 4 nitrogen and oxygen atoms in total. The summed E-state index contributed by atoms with van der Waals surface area (Å²) in [6.07, 6.45) is 0. The number of carbonyl (C=O) groups excluding carboxylic acids is 1. The van der Waals surface area contributed by atoms with Gasteiger partial charge in [0.2, 0.25) is 9.84 Å². The van der Waals surface area contributed by atoms with Crippen molar-refractivity contribution in [1.82, 2.24) is 0 Å². The minimum Gasteiger partial charge on any atom is -0.465 e. The summed E-state index contributed by atoms with van der Waals surface area (Å²) in [7, 11) is -2.31. The maximum Gasteiger partial charge on any atom is 0.337 e. The van der Waals surface area contributed by atoms with Gasteiger partial charge in [0.25, 0.3) is 0 Å². The van der Waals surface area contributed by atoms with Gasteiger partial charge in [0.1, 0.15) is 0 Å². The molecule has 0 aliphatic heterocycles. The Balaban J connectivity index is 2.04. The predicted octanol–water partition coefficient (Wildman–Crippen LogP) is 5.04. The molecule has 6 heteroatoms. The Bertz CT molecular complexity index is 1070. The van der Waals surface area contributed by atoms with Crippen molar-refractivity contribution in [3.8, 4) is 0 Å². The summed E-state index contributed by atoms with van der Waals surface area (Å²) in [5, 5.41) is 1.27. The summed E-state index contributed by atoms with van der Waals surface area (Å²) in [6, 6.07) is 24.5. The van der Waals surface area contributed by atoms with Gasteiger partial charge >= 0.3 is 5.97 Å². The molecular formula is C22H18O4S2. The van der Waals surface area contributed by atoms with Crippen LogP contribution in [0.5, 0.6) is 0 Å². The third-order valence-electron chi connectivity index (χ3n) is 3.90. The second kappa shape index (κ2) is 8.91. The first-order valence-corrected chi connectivity index (χ1v) is 10.8. The summed E-state index contributed by atoms with van der Waals surface area (Å²) >= 11 is 1.35. The molecule has 0 aliphatic carbocycles. The summed E-state index contributed by atoms with van der Waals surface area (Å²) < 4.78 is 30.4. The van der Waals surface area contributed by atoms with Crippen LogP contribution in [0, 0.1) is 0 Å². The highest BCUT2D eigenvalue weighted by Crippen LogP contribution is 2.36. The molecule has 0 spiro atoms. The lowest BCUT2D eigenvalue weighted by atomic mass is 10.1. The molecule has 142 valence electrons. The summed E-state index contributed by atoms with van der Waals surface area (Å²) in [6.45, 7) is 0. The number of esters is 1. The van der Waals surface area contributed by atoms with Crippen LogP contribution in [0.2, 0.25) is 0 Å². The van der Waals surface area contributed by atoms with Crippen molar-refractivity contribution in [2.75, 3.05) is 7.11 Å². The molecule has 0 radical (unpaired) electrons. The molecule has 3 aromatic rings. The van der Waals surface area contributed by atoms with Crippen molar-refractivity contribution >= 4 is 32.5 Å². The second-order valence-corrected chi connectivity index (χ2v) is 8.74. The van der Waals surface area contributed by atoms with E-state index in [1.807, 2.05) is 30.3 Å². The van der Waals surface area contributed by atoms with Crippen LogP contribution in [-0.2, 0) is 14.6 Å². The average molecular weight is 411 g/mol. The van der Waals surface area contributed by atoms with Gasteiger partial charge in [-0.1, -0.05) is 60.3 Å². The van der Waals surface area contributed by atoms with E-state index >= 15 is 0 Å². The van der Waals surface area contributed by atoms with Crippen LogP contribution in [0.4, 0.5) is 0 Å². The van der Waals surface area contributed by atoms with Gasteiger partial charge in [0.15, 0.2) is 0 Å². The molecule has 0 heterocycles. The lowest BCUT2D eigenvalue weighted by Crippen LogP contribution is -2.01. The topological polar surface area (TPSA) is 60.4 Å². The van der Waals surface area contributed by atoms with Gasteiger partial charge in [-0.25, -0.2) is 13.2 Å². The summed E-state index contributed by atoms with van der Waals surface area (Å²) in [4.78, 5) is 13.4.